The molecule has 2 aliphatic rings. The number of carbonyl (C=O) groups is 2. The number of benzene rings is 1. The molecule has 0 saturated carbocycles. The van der Waals surface area contributed by atoms with Crippen LogP contribution in [0.5, 0.6) is 0 Å². The zero-order valence-corrected chi connectivity index (χ0v) is 16.7. The summed E-state index contributed by atoms with van der Waals surface area (Å²) in [6.07, 6.45) is 0.949. The van der Waals surface area contributed by atoms with Crippen LogP contribution in [0.4, 0.5) is 0 Å². The van der Waals surface area contributed by atoms with Crippen molar-refractivity contribution in [3.8, 4) is 0 Å². The Morgan fingerprint density at radius 2 is 2.07 bits per heavy atom. The van der Waals surface area contributed by atoms with Crippen molar-refractivity contribution < 1.29 is 18.7 Å². The molecule has 0 bridgehead atoms. The second kappa shape index (κ2) is 6.87. The van der Waals surface area contributed by atoms with E-state index in [-0.39, 0.29) is 29.3 Å². The minimum Gasteiger partial charge on any atom is -0.451 e. The van der Waals surface area contributed by atoms with Gasteiger partial charge in [-0.3, -0.25) is 9.59 Å². The Labute approximate surface area is 162 Å². The largest absolute Gasteiger partial charge is 0.451 e. The van der Waals surface area contributed by atoms with Gasteiger partial charge in [-0.15, -0.1) is 11.8 Å². The number of para-hydroxylation sites is 1. The van der Waals surface area contributed by atoms with Gasteiger partial charge < -0.3 is 19.0 Å². The number of furan rings is 1. The van der Waals surface area contributed by atoms with Crippen molar-refractivity contribution in [3.05, 3.63) is 35.6 Å². The summed E-state index contributed by atoms with van der Waals surface area (Å²) in [6, 6.07) is 7.73. The fraction of sp³-hybridized carbons (Fsp3) is 0.500. The molecule has 1 spiro atoms. The van der Waals surface area contributed by atoms with Gasteiger partial charge in [0.15, 0.2) is 5.76 Å². The molecular formula is C20H24N2O4S. The van der Waals surface area contributed by atoms with E-state index in [1.54, 1.807) is 14.1 Å². The van der Waals surface area contributed by atoms with Gasteiger partial charge in [0.2, 0.25) is 5.91 Å². The zero-order chi connectivity index (χ0) is 19.2. The van der Waals surface area contributed by atoms with E-state index < -0.39 is 0 Å². The van der Waals surface area contributed by atoms with Crippen molar-refractivity contribution in [1.29, 1.82) is 0 Å². The lowest BCUT2D eigenvalue weighted by Gasteiger charge is -2.47. The van der Waals surface area contributed by atoms with E-state index in [1.807, 2.05) is 47.9 Å². The van der Waals surface area contributed by atoms with Crippen LogP contribution in [0.3, 0.4) is 0 Å². The number of nitrogens with zero attached hydrogens (tertiary/aromatic N) is 2. The molecule has 0 radical (unpaired) electrons. The molecule has 1 atom stereocenters. The molecule has 144 valence electrons. The first-order chi connectivity index (χ1) is 12.9. The fourth-order valence-corrected chi connectivity index (χ4v) is 5.31. The van der Waals surface area contributed by atoms with E-state index in [4.69, 9.17) is 9.15 Å². The molecule has 6 nitrogen and oxygen atoms in total. The van der Waals surface area contributed by atoms with Gasteiger partial charge in [0.25, 0.3) is 5.91 Å². The number of aryl methyl sites for hydroxylation is 1. The van der Waals surface area contributed by atoms with E-state index in [1.165, 1.54) is 4.90 Å². The van der Waals surface area contributed by atoms with Crippen molar-refractivity contribution >= 4 is 34.5 Å². The van der Waals surface area contributed by atoms with Crippen LogP contribution in [-0.2, 0) is 9.53 Å². The van der Waals surface area contributed by atoms with Crippen LogP contribution in [0, 0.1) is 6.92 Å². The molecule has 7 heteroatoms. The highest BCUT2D eigenvalue weighted by Crippen LogP contribution is 2.46. The van der Waals surface area contributed by atoms with Crippen LogP contribution in [-0.4, -0.2) is 72.0 Å². The smallest absolute Gasteiger partial charge is 0.289 e. The Hall–Kier alpha value is -1.99. The molecule has 2 aromatic rings. The number of thioether (sulfide) groups is 1. The summed E-state index contributed by atoms with van der Waals surface area (Å²) in [5.41, 5.74) is 1.65. The second-order valence-corrected chi connectivity index (χ2v) is 9.12. The van der Waals surface area contributed by atoms with Crippen LogP contribution < -0.4 is 0 Å². The summed E-state index contributed by atoms with van der Waals surface area (Å²) < 4.78 is 11.6. The predicted molar refractivity (Wildman–Crippen MR) is 105 cm³/mol. The topological polar surface area (TPSA) is 63.0 Å². The number of likely N-dealkylation sites (tertiary alicyclic amines) is 1. The molecule has 2 saturated heterocycles. The SMILES string of the molecule is Cc1c(C(=O)N2CC3(C[C@H](OCC(=O)N(C)C)CS3)C2)oc2ccccc12. The Morgan fingerprint density at radius 3 is 2.78 bits per heavy atom. The number of carbonyl (C=O) groups excluding carboxylic acids is 2. The summed E-state index contributed by atoms with van der Waals surface area (Å²) in [4.78, 5) is 27.9. The number of likely N-dealkylation sites (N-methyl/N-ethyl adjacent to an activating group) is 1. The third kappa shape index (κ3) is 3.34. The van der Waals surface area contributed by atoms with Gasteiger partial charge >= 0.3 is 0 Å². The molecule has 0 aliphatic carbocycles. The predicted octanol–water partition coefficient (Wildman–Crippen LogP) is 2.55. The van der Waals surface area contributed by atoms with Gasteiger partial charge in [0.05, 0.1) is 10.9 Å². The van der Waals surface area contributed by atoms with Gasteiger partial charge in [-0.1, -0.05) is 18.2 Å². The molecule has 2 fully saturated rings. The van der Waals surface area contributed by atoms with Crippen LogP contribution in [0.25, 0.3) is 11.0 Å². The zero-order valence-electron chi connectivity index (χ0n) is 15.9. The van der Waals surface area contributed by atoms with Crippen LogP contribution >= 0.6 is 11.8 Å². The molecule has 0 N–H and O–H groups in total. The van der Waals surface area contributed by atoms with E-state index in [0.717, 1.165) is 28.7 Å². The molecule has 1 aromatic carbocycles. The van der Waals surface area contributed by atoms with Gasteiger partial charge in [-0.05, 0) is 19.4 Å². The second-order valence-electron chi connectivity index (χ2n) is 7.63. The molecule has 2 aliphatic heterocycles. The monoisotopic (exact) mass is 388 g/mol. The van der Waals surface area contributed by atoms with Crippen LogP contribution in [0.15, 0.2) is 28.7 Å². The minimum absolute atomic E-state index is 0.0216. The van der Waals surface area contributed by atoms with Crippen LogP contribution in [0.2, 0.25) is 0 Å². The standard InChI is InChI=1S/C20H24N2O4S/c1-13-15-6-4-5-7-16(15)26-18(13)19(24)22-11-20(12-22)8-14(10-27-20)25-9-17(23)21(2)3/h4-7,14H,8-12H2,1-3H3/t14-/m0/s1. The third-order valence-corrected chi connectivity index (χ3v) is 6.98. The summed E-state index contributed by atoms with van der Waals surface area (Å²) in [5.74, 6) is 1.25. The van der Waals surface area contributed by atoms with E-state index >= 15 is 0 Å². The van der Waals surface area contributed by atoms with Crippen molar-refractivity contribution in [2.24, 2.45) is 0 Å². The average Bonchev–Trinajstić information content (AvgIpc) is 3.20. The Balaban J connectivity index is 1.36. The number of rotatable bonds is 4. The Morgan fingerprint density at radius 1 is 1.33 bits per heavy atom. The van der Waals surface area contributed by atoms with Crippen molar-refractivity contribution in [1.82, 2.24) is 9.80 Å². The molecule has 27 heavy (non-hydrogen) atoms. The van der Waals surface area contributed by atoms with Crippen molar-refractivity contribution in [2.45, 2.75) is 24.2 Å². The minimum atomic E-state index is -0.0397. The number of fused-ring (bicyclic) bond motifs is 1. The van der Waals surface area contributed by atoms with Gasteiger partial charge in [0, 0.05) is 43.9 Å². The molecule has 4 rings (SSSR count). The third-order valence-electron chi connectivity index (χ3n) is 5.40. The summed E-state index contributed by atoms with van der Waals surface area (Å²) in [5, 5.41) is 0.991. The molecule has 2 amide bonds. The van der Waals surface area contributed by atoms with Gasteiger partial charge in [-0.25, -0.2) is 0 Å². The maximum atomic E-state index is 12.9. The molecule has 3 heterocycles. The number of amides is 2. The average molecular weight is 388 g/mol. The number of hydrogen-bond acceptors (Lipinski definition) is 5. The lowest BCUT2D eigenvalue weighted by atomic mass is 9.92. The highest BCUT2D eigenvalue weighted by Gasteiger charge is 2.51. The highest BCUT2D eigenvalue weighted by molar-refractivity contribution is 8.01. The molecular weight excluding hydrogens is 364 g/mol. The number of ether oxygens (including phenoxy) is 1. The number of hydrogen-bond donors (Lipinski definition) is 0. The fourth-order valence-electron chi connectivity index (χ4n) is 3.76. The first-order valence-electron chi connectivity index (χ1n) is 9.12. The Kier molecular flexibility index (Phi) is 4.68. The quantitative estimate of drug-likeness (QED) is 0.806. The molecule has 0 unspecified atom stereocenters. The lowest BCUT2D eigenvalue weighted by molar-refractivity contribution is -0.135. The summed E-state index contributed by atoms with van der Waals surface area (Å²) >= 11 is 1.85. The highest BCUT2D eigenvalue weighted by atomic mass is 32.2. The first kappa shape index (κ1) is 18.4. The lowest BCUT2D eigenvalue weighted by Crippen LogP contribution is -2.60. The molecule has 1 aromatic heterocycles. The summed E-state index contributed by atoms with van der Waals surface area (Å²) in [7, 11) is 3.46. The van der Waals surface area contributed by atoms with Crippen molar-refractivity contribution in [2.75, 3.05) is 39.5 Å². The summed E-state index contributed by atoms with van der Waals surface area (Å²) in [6.45, 7) is 3.46. The Bertz CT molecular complexity index is 885. The van der Waals surface area contributed by atoms with E-state index in [2.05, 4.69) is 0 Å². The van der Waals surface area contributed by atoms with E-state index in [9.17, 15) is 9.59 Å². The van der Waals surface area contributed by atoms with Crippen LogP contribution in [0.1, 0.15) is 22.5 Å². The van der Waals surface area contributed by atoms with Gasteiger partial charge in [-0.2, -0.15) is 0 Å². The van der Waals surface area contributed by atoms with E-state index in [0.29, 0.717) is 18.8 Å². The maximum absolute atomic E-state index is 12.9. The van der Waals surface area contributed by atoms with Crippen molar-refractivity contribution in [3.63, 3.8) is 0 Å². The first-order valence-corrected chi connectivity index (χ1v) is 10.1. The maximum Gasteiger partial charge on any atom is 0.289 e. The van der Waals surface area contributed by atoms with Gasteiger partial charge in [0.1, 0.15) is 12.2 Å². The normalized spacial score (nSPS) is 20.9.